The van der Waals surface area contributed by atoms with Crippen LogP contribution in [0.25, 0.3) is 0 Å². The number of carbonyl (C=O) groups excluding carboxylic acids is 1. The minimum Gasteiger partial charge on any atom is -0.478 e. The van der Waals surface area contributed by atoms with Crippen molar-refractivity contribution in [1.29, 1.82) is 0 Å². The van der Waals surface area contributed by atoms with E-state index in [2.05, 4.69) is 9.88 Å². The van der Waals surface area contributed by atoms with E-state index in [1.807, 2.05) is 10.3 Å². The van der Waals surface area contributed by atoms with Gasteiger partial charge in [0.1, 0.15) is 0 Å². The Morgan fingerprint density at radius 1 is 1.17 bits per heavy atom. The molecule has 1 amide bonds. The third-order valence-corrected chi connectivity index (χ3v) is 5.01. The predicted octanol–water partition coefficient (Wildman–Crippen LogP) is 2.12. The molecule has 24 heavy (non-hydrogen) atoms. The average molecular weight is 345 g/mol. The minimum atomic E-state index is -0.949. The summed E-state index contributed by atoms with van der Waals surface area (Å²) in [6, 6.07) is 6.86. The second kappa shape index (κ2) is 7.44. The Kier molecular flexibility index (Phi) is 5.10. The molecule has 0 radical (unpaired) electrons. The van der Waals surface area contributed by atoms with Crippen LogP contribution in [0.1, 0.15) is 22.3 Å². The summed E-state index contributed by atoms with van der Waals surface area (Å²) in [5, 5.41) is 12.1. The van der Waals surface area contributed by atoms with Crippen molar-refractivity contribution in [1.82, 2.24) is 9.88 Å². The average Bonchev–Trinajstić information content (AvgIpc) is 3.14. The first-order valence-electron chi connectivity index (χ1n) is 7.88. The van der Waals surface area contributed by atoms with Crippen LogP contribution in [0.4, 0.5) is 5.13 Å². The fourth-order valence-electron chi connectivity index (χ4n) is 2.87. The van der Waals surface area contributed by atoms with Gasteiger partial charge in [0.2, 0.25) is 5.91 Å². The lowest BCUT2D eigenvalue weighted by Gasteiger charge is -2.34. The van der Waals surface area contributed by atoms with Crippen LogP contribution in [0.2, 0.25) is 0 Å². The lowest BCUT2D eigenvalue weighted by atomic mass is 10.0. The number of hydrogen-bond acceptors (Lipinski definition) is 5. The highest BCUT2D eigenvalue weighted by molar-refractivity contribution is 7.13. The maximum Gasteiger partial charge on any atom is 0.335 e. The SMILES string of the molecule is O=C(O)c1ccccc1CCC(=O)N1CCN(c2nccs2)CC1. The van der Waals surface area contributed by atoms with Crippen molar-refractivity contribution in [2.75, 3.05) is 31.1 Å². The summed E-state index contributed by atoms with van der Waals surface area (Å²) in [5.41, 5.74) is 0.985. The molecule has 0 spiro atoms. The van der Waals surface area contributed by atoms with E-state index in [1.54, 1.807) is 41.8 Å². The number of rotatable bonds is 5. The summed E-state index contributed by atoms with van der Waals surface area (Å²) in [6.07, 6.45) is 2.58. The van der Waals surface area contributed by atoms with E-state index in [0.717, 1.165) is 18.2 Å². The van der Waals surface area contributed by atoms with Crippen LogP contribution >= 0.6 is 11.3 Å². The number of anilines is 1. The number of carboxylic acid groups (broad SMARTS) is 1. The van der Waals surface area contributed by atoms with Gasteiger partial charge in [0.15, 0.2) is 5.13 Å². The van der Waals surface area contributed by atoms with E-state index in [-0.39, 0.29) is 11.5 Å². The second-order valence-electron chi connectivity index (χ2n) is 5.64. The summed E-state index contributed by atoms with van der Waals surface area (Å²) >= 11 is 1.61. The highest BCUT2D eigenvalue weighted by Gasteiger charge is 2.22. The molecule has 7 heteroatoms. The van der Waals surface area contributed by atoms with Gasteiger partial charge >= 0.3 is 5.97 Å². The molecule has 1 saturated heterocycles. The van der Waals surface area contributed by atoms with E-state index in [0.29, 0.717) is 31.5 Å². The lowest BCUT2D eigenvalue weighted by Crippen LogP contribution is -2.48. The number of nitrogens with zero attached hydrogens (tertiary/aromatic N) is 3. The molecule has 0 aliphatic carbocycles. The van der Waals surface area contributed by atoms with Crippen molar-refractivity contribution in [3.05, 3.63) is 47.0 Å². The number of carbonyl (C=O) groups is 2. The van der Waals surface area contributed by atoms with Crippen LogP contribution in [0.5, 0.6) is 0 Å². The molecule has 1 aromatic carbocycles. The predicted molar refractivity (Wildman–Crippen MR) is 92.6 cm³/mol. The van der Waals surface area contributed by atoms with Crippen LogP contribution in [0.3, 0.4) is 0 Å². The monoisotopic (exact) mass is 345 g/mol. The van der Waals surface area contributed by atoms with Crippen LogP contribution in [-0.4, -0.2) is 53.0 Å². The van der Waals surface area contributed by atoms with Crippen molar-refractivity contribution in [3.63, 3.8) is 0 Å². The van der Waals surface area contributed by atoms with Crippen LogP contribution in [0, 0.1) is 0 Å². The van der Waals surface area contributed by atoms with Crippen molar-refractivity contribution < 1.29 is 14.7 Å². The Hall–Kier alpha value is -2.41. The van der Waals surface area contributed by atoms with E-state index < -0.39 is 5.97 Å². The van der Waals surface area contributed by atoms with Gasteiger partial charge in [-0.25, -0.2) is 9.78 Å². The zero-order valence-corrected chi connectivity index (χ0v) is 14.0. The number of carboxylic acids is 1. The third-order valence-electron chi connectivity index (χ3n) is 4.18. The highest BCUT2D eigenvalue weighted by Crippen LogP contribution is 2.19. The number of aryl methyl sites for hydroxylation is 1. The lowest BCUT2D eigenvalue weighted by molar-refractivity contribution is -0.131. The number of piperazine rings is 1. The molecule has 1 N–H and O–H groups in total. The van der Waals surface area contributed by atoms with Gasteiger partial charge in [-0.3, -0.25) is 4.79 Å². The number of aromatic carboxylic acids is 1. The fourth-order valence-corrected chi connectivity index (χ4v) is 3.56. The fraction of sp³-hybridized carbons (Fsp3) is 0.353. The van der Waals surface area contributed by atoms with Gasteiger partial charge in [-0.05, 0) is 18.1 Å². The van der Waals surface area contributed by atoms with Crippen LogP contribution in [0.15, 0.2) is 35.8 Å². The topological polar surface area (TPSA) is 73.7 Å². The Bertz CT molecular complexity index is 710. The molecular formula is C17H19N3O3S. The standard InChI is InChI=1S/C17H19N3O3S/c21-15(6-5-13-3-1-2-4-14(13)16(22)23)19-8-10-20(11-9-19)17-18-7-12-24-17/h1-4,7,12H,5-6,8-11H2,(H,22,23). The quantitative estimate of drug-likeness (QED) is 0.898. The van der Waals surface area contributed by atoms with Crippen molar-refractivity contribution in [2.45, 2.75) is 12.8 Å². The van der Waals surface area contributed by atoms with Crippen LogP contribution in [-0.2, 0) is 11.2 Å². The summed E-state index contributed by atoms with van der Waals surface area (Å²) in [4.78, 5) is 31.9. The Balaban J connectivity index is 1.52. The zero-order chi connectivity index (χ0) is 16.9. The molecule has 1 aromatic heterocycles. The number of hydrogen-bond donors (Lipinski definition) is 1. The van der Waals surface area contributed by atoms with Gasteiger partial charge in [0.25, 0.3) is 0 Å². The molecule has 1 aliphatic rings. The first kappa shape index (κ1) is 16.4. The minimum absolute atomic E-state index is 0.0778. The summed E-state index contributed by atoms with van der Waals surface area (Å²) in [5.74, 6) is -0.871. The van der Waals surface area contributed by atoms with Gasteiger partial charge in [0, 0.05) is 44.2 Å². The van der Waals surface area contributed by atoms with Gasteiger partial charge in [0.05, 0.1) is 5.56 Å². The van der Waals surface area contributed by atoms with Gasteiger partial charge in [-0.1, -0.05) is 18.2 Å². The second-order valence-corrected chi connectivity index (χ2v) is 6.52. The normalized spacial score (nSPS) is 14.7. The number of benzene rings is 1. The van der Waals surface area contributed by atoms with E-state index in [1.165, 1.54) is 0 Å². The van der Waals surface area contributed by atoms with Gasteiger partial charge in [-0.2, -0.15) is 0 Å². The van der Waals surface area contributed by atoms with E-state index >= 15 is 0 Å². The molecule has 1 aliphatic heterocycles. The molecule has 0 atom stereocenters. The molecule has 0 saturated carbocycles. The van der Waals surface area contributed by atoms with Crippen molar-refractivity contribution in [3.8, 4) is 0 Å². The molecule has 126 valence electrons. The van der Waals surface area contributed by atoms with E-state index in [4.69, 9.17) is 0 Å². The number of amides is 1. The van der Waals surface area contributed by atoms with Crippen molar-refractivity contribution in [2.24, 2.45) is 0 Å². The zero-order valence-electron chi connectivity index (χ0n) is 13.2. The maximum absolute atomic E-state index is 12.4. The Morgan fingerprint density at radius 2 is 1.92 bits per heavy atom. The third kappa shape index (κ3) is 3.73. The maximum atomic E-state index is 12.4. The first-order chi connectivity index (χ1) is 11.6. The van der Waals surface area contributed by atoms with Crippen LogP contribution < -0.4 is 4.90 Å². The molecule has 0 bridgehead atoms. The number of aromatic nitrogens is 1. The smallest absolute Gasteiger partial charge is 0.335 e. The first-order valence-corrected chi connectivity index (χ1v) is 8.76. The van der Waals surface area contributed by atoms with Crippen molar-refractivity contribution >= 4 is 28.3 Å². The van der Waals surface area contributed by atoms with Gasteiger partial charge in [-0.15, -0.1) is 11.3 Å². The molecule has 1 fully saturated rings. The van der Waals surface area contributed by atoms with E-state index in [9.17, 15) is 14.7 Å². The molecule has 3 rings (SSSR count). The largest absolute Gasteiger partial charge is 0.478 e. The summed E-state index contributed by atoms with van der Waals surface area (Å²) < 4.78 is 0. The Labute approximate surface area is 144 Å². The Morgan fingerprint density at radius 3 is 2.58 bits per heavy atom. The molecular weight excluding hydrogens is 326 g/mol. The molecule has 2 aromatic rings. The highest BCUT2D eigenvalue weighted by atomic mass is 32.1. The molecule has 6 nitrogen and oxygen atoms in total. The summed E-state index contributed by atoms with van der Waals surface area (Å²) in [6.45, 7) is 2.92. The molecule has 2 heterocycles. The molecule has 0 unspecified atom stereocenters. The number of thiazole rings is 1. The summed E-state index contributed by atoms with van der Waals surface area (Å²) in [7, 11) is 0. The van der Waals surface area contributed by atoms with Gasteiger partial charge < -0.3 is 14.9 Å².